The lowest BCUT2D eigenvalue weighted by atomic mass is 10.1. The van der Waals surface area contributed by atoms with Crippen LogP contribution in [0, 0.1) is 20.8 Å². The quantitative estimate of drug-likeness (QED) is 0.773. The molecular weight excluding hydrogens is 210 g/mol. The minimum absolute atomic E-state index is 0.429. The summed E-state index contributed by atoms with van der Waals surface area (Å²) in [5.74, 6) is 0. The highest BCUT2D eigenvalue weighted by molar-refractivity contribution is 7.89. The molecule has 0 aliphatic rings. The number of hydrogen-bond donors (Lipinski definition) is 0. The summed E-state index contributed by atoms with van der Waals surface area (Å²) in [6.07, 6.45) is 0. The first-order chi connectivity index (χ1) is 6.76. The van der Waals surface area contributed by atoms with Crippen molar-refractivity contribution in [3.63, 3.8) is 0 Å². The summed E-state index contributed by atoms with van der Waals surface area (Å²) >= 11 is 0. The zero-order chi connectivity index (χ0) is 11.8. The molecule has 1 rings (SSSR count). The first kappa shape index (κ1) is 12.2. The molecule has 0 N–H and O–H groups in total. The maximum Gasteiger partial charge on any atom is 0.243 e. The van der Waals surface area contributed by atoms with Gasteiger partial charge < -0.3 is 0 Å². The van der Waals surface area contributed by atoms with Gasteiger partial charge in [-0.15, -0.1) is 0 Å². The highest BCUT2D eigenvalue weighted by atomic mass is 32.2. The monoisotopic (exact) mass is 227 g/mol. The van der Waals surface area contributed by atoms with Gasteiger partial charge in [-0.25, -0.2) is 12.7 Å². The predicted octanol–water partition coefficient (Wildman–Crippen LogP) is 1.86. The number of nitrogens with zero attached hydrogens (tertiary/aromatic N) is 1. The van der Waals surface area contributed by atoms with Crippen LogP contribution in [0.25, 0.3) is 0 Å². The highest BCUT2D eigenvalue weighted by Crippen LogP contribution is 2.23. The van der Waals surface area contributed by atoms with Crippen LogP contribution in [-0.4, -0.2) is 26.8 Å². The van der Waals surface area contributed by atoms with Crippen LogP contribution in [-0.2, 0) is 10.0 Å². The Labute approximate surface area is 91.8 Å². The Hall–Kier alpha value is -0.870. The molecule has 0 atom stereocenters. The zero-order valence-corrected chi connectivity index (χ0v) is 10.6. The van der Waals surface area contributed by atoms with Crippen molar-refractivity contribution in [1.82, 2.24) is 4.31 Å². The minimum atomic E-state index is -3.32. The molecule has 1 aromatic carbocycles. The second kappa shape index (κ2) is 3.94. The predicted molar refractivity (Wildman–Crippen MR) is 61.5 cm³/mol. The van der Waals surface area contributed by atoms with Crippen LogP contribution < -0.4 is 0 Å². The van der Waals surface area contributed by atoms with E-state index in [0.29, 0.717) is 4.90 Å². The lowest BCUT2D eigenvalue weighted by Crippen LogP contribution is -2.24. The Kier molecular flexibility index (Phi) is 3.21. The molecule has 0 amide bonds. The van der Waals surface area contributed by atoms with Gasteiger partial charge in [-0.2, -0.15) is 0 Å². The van der Waals surface area contributed by atoms with E-state index in [-0.39, 0.29) is 0 Å². The fourth-order valence-corrected chi connectivity index (χ4v) is 3.05. The van der Waals surface area contributed by atoms with Gasteiger partial charge in [0.05, 0.1) is 4.90 Å². The third kappa shape index (κ3) is 2.21. The van der Waals surface area contributed by atoms with E-state index in [0.717, 1.165) is 16.7 Å². The maximum atomic E-state index is 12.0. The number of rotatable bonds is 2. The van der Waals surface area contributed by atoms with E-state index in [4.69, 9.17) is 0 Å². The van der Waals surface area contributed by atoms with Gasteiger partial charge in [-0.3, -0.25) is 0 Å². The molecule has 4 heteroatoms. The van der Waals surface area contributed by atoms with Gasteiger partial charge in [-0.05, 0) is 31.9 Å². The number of sulfonamides is 1. The molecule has 0 unspecified atom stereocenters. The first-order valence-corrected chi connectivity index (χ1v) is 6.21. The zero-order valence-electron chi connectivity index (χ0n) is 9.83. The van der Waals surface area contributed by atoms with Crippen molar-refractivity contribution in [2.75, 3.05) is 14.1 Å². The standard InChI is InChI=1S/C11H17NO2S/c1-8-6-9(2)11(10(3)7-8)15(13,14)12(4)5/h6-7H,1-5H3. The molecule has 0 saturated heterocycles. The van der Waals surface area contributed by atoms with Gasteiger partial charge in [0.2, 0.25) is 10.0 Å². The van der Waals surface area contributed by atoms with E-state index >= 15 is 0 Å². The molecule has 0 spiro atoms. The van der Waals surface area contributed by atoms with Crippen molar-refractivity contribution in [1.29, 1.82) is 0 Å². The van der Waals surface area contributed by atoms with Gasteiger partial charge in [-0.1, -0.05) is 17.7 Å². The molecular formula is C11H17NO2S. The third-order valence-electron chi connectivity index (χ3n) is 2.34. The Morgan fingerprint density at radius 3 is 1.73 bits per heavy atom. The molecule has 0 aromatic heterocycles. The van der Waals surface area contributed by atoms with E-state index in [9.17, 15) is 8.42 Å². The molecule has 0 fully saturated rings. The molecule has 0 aliphatic heterocycles. The third-order valence-corrected chi connectivity index (χ3v) is 4.46. The number of benzene rings is 1. The van der Waals surface area contributed by atoms with Crippen molar-refractivity contribution in [2.45, 2.75) is 25.7 Å². The van der Waals surface area contributed by atoms with Crippen LogP contribution in [0.15, 0.2) is 17.0 Å². The normalized spacial score (nSPS) is 12.1. The SMILES string of the molecule is Cc1cc(C)c(S(=O)(=O)N(C)C)c(C)c1. The summed E-state index contributed by atoms with van der Waals surface area (Å²) < 4.78 is 25.3. The molecule has 0 aliphatic carbocycles. The average molecular weight is 227 g/mol. The lowest BCUT2D eigenvalue weighted by molar-refractivity contribution is 0.519. The fraction of sp³-hybridized carbons (Fsp3) is 0.455. The Balaban J connectivity index is 3.52. The second-order valence-corrected chi connectivity index (χ2v) is 6.10. The van der Waals surface area contributed by atoms with Crippen molar-refractivity contribution in [2.24, 2.45) is 0 Å². The molecule has 3 nitrogen and oxygen atoms in total. The van der Waals surface area contributed by atoms with Crippen molar-refractivity contribution >= 4 is 10.0 Å². The summed E-state index contributed by atoms with van der Waals surface area (Å²) in [7, 11) is -0.222. The Bertz CT molecular complexity index is 452. The molecule has 1 aromatic rings. The summed E-state index contributed by atoms with van der Waals surface area (Å²) in [5, 5.41) is 0. The van der Waals surface area contributed by atoms with E-state index in [1.54, 1.807) is 14.1 Å². The second-order valence-electron chi connectivity index (χ2n) is 4.02. The average Bonchev–Trinajstić information content (AvgIpc) is 2.00. The van der Waals surface area contributed by atoms with Crippen LogP contribution in [0.5, 0.6) is 0 Å². The first-order valence-electron chi connectivity index (χ1n) is 4.77. The highest BCUT2D eigenvalue weighted by Gasteiger charge is 2.21. The van der Waals surface area contributed by atoms with Gasteiger partial charge in [0.1, 0.15) is 0 Å². The van der Waals surface area contributed by atoms with Crippen LogP contribution >= 0.6 is 0 Å². The van der Waals surface area contributed by atoms with Crippen molar-refractivity contribution in [3.05, 3.63) is 28.8 Å². The van der Waals surface area contributed by atoms with E-state index in [1.165, 1.54) is 4.31 Å². The van der Waals surface area contributed by atoms with Crippen LogP contribution in [0.2, 0.25) is 0 Å². The molecule has 84 valence electrons. The molecule has 0 saturated carbocycles. The maximum absolute atomic E-state index is 12.0. The van der Waals surface area contributed by atoms with Crippen molar-refractivity contribution < 1.29 is 8.42 Å². The summed E-state index contributed by atoms with van der Waals surface area (Å²) in [6, 6.07) is 3.78. The molecule has 0 radical (unpaired) electrons. The number of hydrogen-bond acceptors (Lipinski definition) is 2. The van der Waals surface area contributed by atoms with E-state index in [1.807, 2.05) is 32.9 Å². The number of aryl methyl sites for hydroxylation is 3. The van der Waals surface area contributed by atoms with Gasteiger partial charge in [0, 0.05) is 14.1 Å². The molecule has 0 bridgehead atoms. The molecule has 15 heavy (non-hydrogen) atoms. The van der Waals surface area contributed by atoms with Gasteiger partial charge >= 0.3 is 0 Å². The molecule has 0 heterocycles. The topological polar surface area (TPSA) is 37.4 Å². The van der Waals surface area contributed by atoms with Crippen LogP contribution in [0.4, 0.5) is 0 Å². The van der Waals surface area contributed by atoms with E-state index < -0.39 is 10.0 Å². The van der Waals surface area contributed by atoms with E-state index in [2.05, 4.69) is 0 Å². The van der Waals surface area contributed by atoms with Gasteiger partial charge in [0.15, 0.2) is 0 Å². The largest absolute Gasteiger partial charge is 0.243 e. The summed E-state index contributed by atoms with van der Waals surface area (Å²) in [4.78, 5) is 0.429. The van der Waals surface area contributed by atoms with Gasteiger partial charge in [0.25, 0.3) is 0 Å². The Morgan fingerprint density at radius 1 is 1.00 bits per heavy atom. The fourth-order valence-electron chi connectivity index (χ4n) is 1.76. The minimum Gasteiger partial charge on any atom is -0.207 e. The van der Waals surface area contributed by atoms with Crippen LogP contribution in [0.1, 0.15) is 16.7 Å². The summed E-state index contributed by atoms with van der Waals surface area (Å²) in [5.41, 5.74) is 2.70. The Morgan fingerprint density at radius 2 is 1.40 bits per heavy atom. The lowest BCUT2D eigenvalue weighted by Gasteiger charge is -2.16. The smallest absolute Gasteiger partial charge is 0.207 e. The van der Waals surface area contributed by atoms with Crippen LogP contribution in [0.3, 0.4) is 0 Å². The van der Waals surface area contributed by atoms with Crippen molar-refractivity contribution in [3.8, 4) is 0 Å². The summed E-state index contributed by atoms with van der Waals surface area (Å²) in [6.45, 7) is 5.62.